The van der Waals surface area contributed by atoms with Crippen molar-refractivity contribution in [1.29, 1.82) is 0 Å². The molecule has 0 bridgehead atoms. The van der Waals surface area contributed by atoms with E-state index in [2.05, 4.69) is 21.2 Å². The van der Waals surface area contributed by atoms with E-state index in [0.717, 1.165) is 11.0 Å². The zero-order chi connectivity index (χ0) is 8.39. The summed E-state index contributed by atoms with van der Waals surface area (Å²) in [7, 11) is 0. The molecule has 1 fully saturated rings. The summed E-state index contributed by atoms with van der Waals surface area (Å²) >= 11 is 3.47. The zero-order valence-electron chi connectivity index (χ0n) is 6.85. The van der Waals surface area contributed by atoms with E-state index in [1.807, 2.05) is 6.26 Å². The maximum absolute atomic E-state index is 5.11. The maximum Gasteiger partial charge on any atom is 0.105 e. The molecule has 0 saturated carbocycles. The zero-order valence-corrected chi connectivity index (χ0v) is 8.43. The van der Waals surface area contributed by atoms with Gasteiger partial charge in [-0.3, -0.25) is 0 Å². The van der Waals surface area contributed by atoms with Crippen LogP contribution in [0.1, 0.15) is 30.9 Å². The van der Waals surface area contributed by atoms with Gasteiger partial charge in [0.05, 0.1) is 10.7 Å². The fourth-order valence-corrected chi connectivity index (χ4v) is 2.13. The van der Waals surface area contributed by atoms with Crippen molar-refractivity contribution in [2.24, 2.45) is 0 Å². The first-order valence-corrected chi connectivity index (χ1v) is 5.12. The van der Waals surface area contributed by atoms with Crippen LogP contribution in [0.4, 0.5) is 0 Å². The smallest absolute Gasteiger partial charge is 0.105 e. The van der Waals surface area contributed by atoms with Gasteiger partial charge in [-0.25, -0.2) is 0 Å². The standard InChI is InChI=1S/C9H12BrNO/c10-8-6-12-5-7(8)9-3-1-2-4-11-9/h5-6,9,11H,1-4H2/t9-/m0/s1. The summed E-state index contributed by atoms with van der Waals surface area (Å²) in [6, 6.07) is 0.492. The van der Waals surface area contributed by atoms with Gasteiger partial charge in [0.1, 0.15) is 6.26 Å². The monoisotopic (exact) mass is 229 g/mol. The average Bonchev–Trinajstić information content (AvgIpc) is 2.53. The van der Waals surface area contributed by atoms with Crippen molar-refractivity contribution in [3.8, 4) is 0 Å². The highest BCUT2D eigenvalue weighted by Crippen LogP contribution is 2.29. The number of hydrogen-bond acceptors (Lipinski definition) is 2. The van der Waals surface area contributed by atoms with E-state index in [9.17, 15) is 0 Å². The van der Waals surface area contributed by atoms with E-state index in [1.54, 1.807) is 6.26 Å². The van der Waals surface area contributed by atoms with Crippen LogP contribution >= 0.6 is 15.9 Å². The fraction of sp³-hybridized carbons (Fsp3) is 0.556. The molecule has 12 heavy (non-hydrogen) atoms. The summed E-state index contributed by atoms with van der Waals surface area (Å²) in [6.45, 7) is 1.13. The maximum atomic E-state index is 5.11. The molecule has 2 rings (SSSR count). The first-order valence-electron chi connectivity index (χ1n) is 4.33. The molecule has 0 spiro atoms. The Labute approximate surface area is 80.5 Å². The van der Waals surface area contributed by atoms with E-state index in [-0.39, 0.29) is 0 Å². The molecule has 1 aliphatic rings. The lowest BCUT2D eigenvalue weighted by molar-refractivity contribution is 0.408. The van der Waals surface area contributed by atoms with Crippen LogP contribution in [0.3, 0.4) is 0 Å². The minimum atomic E-state index is 0.492. The first kappa shape index (κ1) is 8.32. The Bertz CT molecular complexity index is 253. The molecule has 1 aromatic heterocycles. The minimum absolute atomic E-state index is 0.492. The number of hydrogen-bond donors (Lipinski definition) is 1. The highest BCUT2D eigenvalue weighted by Gasteiger charge is 2.17. The Kier molecular flexibility index (Phi) is 2.51. The predicted molar refractivity (Wildman–Crippen MR) is 51.0 cm³/mol. The third-order valence-corrected chi connectivity index (χ3v) is 2.97. The molecule has 0 aromatic carbocycles. The number of piperidine rings is 1. The van der Waals surface area contributed by atoms with Gasteiger partial charge < -0.3 is 9.73 Å². The van der Waals surface area contributed by atoms with Gasteiger partial charge in [0.15, 0.2) is 0 Å². The van der Waals surface area contributed by atoms with Gasteiger partial charge in [0.25, 0.3) is 0 Å². The molecule has 0 unspecified atom stereocenters. The van der Waals surface area contributed by atoms with Crippen molar-refractivity contribution in [3.05, 3.63) is 22.6 Å². The first-order chi connectivity index (χ1) is 5.88. The summed E-state index contributed by atoms with van der Waals surface area (Å²) in [5.74, 6) is 0. The molecule has 0 radical (unpaired) electrons. The average molecular weight is 230 g/mol. The van der Waals surface area contributed by atoms with Gasteiger partial charge >= 0.3 is 0 Å². The van der Waals surface area contributed by atoms with E-state index >= 15 is 0 Å². The molecular weight excluding hydrogens is 218 g/mol. The Morgan fingerprint density at radius 3 is 2.92 bits per heavy atom. The molecule has 1 atom stereocenters. The highest BCUT2D eigenvalue weighted by atomic mass is 79.9. The van der Waals surface area contributed by atoms with Gasteiger partial charge in [-0.15, -0.1) is 0 Å². The highest BCUT2D eigenvalue weighted by molar-refractivity contribution is 9.10. The van der Waals surface area contributed by atoms with Crippen LogP contribution in [0.25, 0.3) is 0 Å². The summed E-state index contributed by atoms with van der Waals surface area (Å²) in [5.41, 5.74) is 1.26. The van der Waals surface area contributed by atoms with Crippen molar-refractivity contribution in [3.63, 3.8) is 0 Å². The van der Waals surface area contributed by atoms with Crippen molar-refractivity contribution in [1.82, 2.24) is 5.32 Å². The third kappa shape index (κ3) is 1.57. The van der Waals surface area contributed by atoms with Gasteiger partial charge in [0.2, 0.25) is 0 Å². The normalized spacial score (nSPS) is 24.2. The molecule has 0 aliphatic carbocycles. The number of rotatable bonds is 1. The van der Waals surface area contributed by atoms with Crippen molar-refractivity contribution in [2.75, 3.05) is 6.54 Å². The Balaban J connectivity index is 2.13. The number of nitrogens with one attached hydrogen (secondary N) is 1. The Morgan fingerprint density at radius 2 is 2.33 bits per heavy atom. The largest absolute Gasteiger partial charge is 0.471 e. The summed E-state index contributed by atoms with van der Waals surface area (Å²) < 4.78 is 6.20. The van der Waals surface area contributed by atoms with E-state index in [0.29, 0.717) is 6.04 Å². The second-order valence-electron chi connectivity index (χ2n) is 3.18. The van der Waals surface area contributed by atoms with Crippen LogP contribution in [0.15, 0.2) is 21.4 Å². The van der Waals surface area contributed by atoms with Gasteiger partial charge in [-0.2, -0.15) is 0 Å². The molecular formula is C9H12BrNO. The number of halogens is 1. The Morgan fingerprint density at radius 1 is 1.42 bits per heavy atom. The third-order valence-electron chi connectivity index (χ3n) is 2.33. The summed E-state index contributed by atoms with van der Waals surface area (Å²) in [6.07, 6.45) is 7.40. The predicted octanol–water partition coefficient (Wildman–Crippen LogP) is 2.86. The van der Waals surface area contributed by atoms with Crippen molar-refractivity contribution >= 4 is 15.9 Å². The van der Waals surface area contributed by atoms with Crippen LogP contribution in [0.2, 0.25) is 0 Å². The van der Waals surface area contributed by atoms with Crippen molar-refractivity contribution < 1.29 is 4.42 Å². The molecule has 1 saturated heterocycles. The van der Waals surface area contributed by atoms with Crippen LogP contribution in [-0.2, 0) is 0 Å². The molecule has 2 nitrogen and oxygen atoms in total. The lowest BCUT2D eigenvalue weighted by Crippen LogP contribution is -2.26. The van der Waals surface area contributed by atoms with Gasteiger partial charge in [-0.1, -0.05) is 6.42 Å². The van der Waals surface area contributed by atoms with E-state index < -0.39 is 0 Å². The lowest BCUT2D eigenvalue weighted by atomic mass is 10.0. The second kappa shape index (κ2) is 3.62. The van der Waals surface area contributed by atoms with Gasteiger partial charge in [-0.05, 0) is 35.3 Å². The molecule has 0 amide bonds. The summed E-state index contributed by atoms with van der Waals surface area (Å²) in [5, 5.41) is 3.47. The SMILES string of the molecule is Brc1cocc1[C@@H]1CCCCN1. The Hall–Kier alpha value is -0.280. The second-order valence-corrected chi connectivity index (χ2v) is 4.03. The molecule has 66 valence electrons. The quantitative estimate of drug-likeness (QED) is 0.802. The van der Waals surface area contributed by atoms with Crippen molar-refractivity contribution in [2.45, 2.75) is 25.3 Å². The molecule has 1 N–H and O–H groups in total. The van der Waals surface area contributed by atoms with Gasteiger partial charge in [0, 0.05) is 11.6 Å². The van der Waals surface area contributed by atoms with Crippen LogP contribution < -0.4 is 5.32 Å². The molecule has 1 aliphatic heterocycles. The topological polar surface area (TPSA) is 25.2 Å². The van der Waals surface area contributed by atoms with Crippen LogP contribution in [0.5, 0.6) is 0 Å². The minimum Gasteiger partial charge on any atom is -0.471 e. The molecule has 1 aromatic rings. The van der Waals surface area contributed by atoms with Crippen LogP contribution in [0, 0.1) is 0 Å². The molecule has 3 heteroatoms. The lowest BCUT2D eigenvalue weighted by Gasteiger charge is -2.22. The number of furan rings is 1. The fourth-order valence-electron chi connectivity index (χ4n) is 1.66. The van der Waals surface area contributed by atoms with E-state index in [4.69, 9.17) is 4.42 Å². The van der Waals surface area contributed by atoms with E-state index in [1.165, 1.54) is 24.8 Å². The summed E-state index contributed by atoms with van der Waals surface area (Å²) in [4.78, 5) is 0. The molecule has 2 heterocycles. The van der Waals surface area contributed by atoms with Crippen LogP contribution in [-0.4, -0.2) is 6.54 Å².